The minimum absolute atomic E-state index is 0.0729. The molecule has 98 valence electrons. The van der Waals surface area contributed by atoms with E-state index in [0.29, 0.717) is 18.0 Å². The van der Waals surface area contributed by atoms with Gasteiger partial charge < -0.3 is 5.32 Å². The number of aryl methyl sites for hydroxylation is 2. The maximum atomic E-state index is 13.8. The average molecular weight is 262 g/mol. The molecule has 0 spiro atoms. The monoisotopic (exact) mass is 261 g/mol. The van der Waals surface area contributed by atoms with E-state index >= 15 is 0 Å². The Morgan fingerprint density at radius 3 is 2.47 bits per heavy atom. The molecule has 1 atom stereocenters. The third-order valence-corrected chi connectivity index (χ3v) is 3.02. The molecule has 1 unspecified atom stereocenters. The molecule has 1 aromatic heterocycles. The molecule has 0 aromatic carbocycles. The van der Waals surface area contributed by atoms with Crippen LogP contribution in [0.1, 0.15) is 32.2 Å². The lowest BCUT2D eigenvalue weighted by Gasteiger charge is -2.22. The highest BCUT2D eigenvalue weighted by Gasteiger charge is 2.18. The molecule has 0 aliphatic heterocycles. The fourth-order valence-corrected chi connectivity index (χ4v) is 1.84. The van der Waals surface area contributed by atoms with E-state index in [1.54, 1.807) is 11.7 Å². The van der Waals surface area contributed by atoms with Crippen molar-refractivity contribution in [2.24, 2.45) is 7.05 Å². The number of hydrogen-bond donors (Lipinski definition) is 1. The second-order valence-corrected chi connectivity index (χ2v) is 5.78. The molecule has 0 aliphatic rings. The van der Waals surface area contributed by atoms with Gasteiger partial charge in [-0.2, -0.15) is 5.10 Å². The smallest absolute Gasteiger partial charge is 0.118 e. The summed E-state index contributed by atoms with van der Waals surface area (Å²) in [5.74, 6) is 0. The summed E-state index contributed by atoms with van der Waals surface area (Å²) < 4.78 is 15.5. The first kappa shape index (κ1) is 14.5. The van der Waals surface area contributed by atoms with E-state index in [1.165, 1.54) is 0 Å². The summed E-state index contributed by atoms with van der Waals surface area (Å²) in [6.45, 7) is 8.19. The number of aromatic nitrogens is 2. The molecule has 0 bridgehead atoms. The number of alkyl halides is 1. The SMILES string of the molecule is Cc1nn(C)c(CC(F)CNC(C)(C)C)c1Cl. The number of hydrogen-bond acceptors (Lipinski definition) is 2. The molecule has 1 aromatic rings. The Hall–Kier alpha value is -0.610. The molecule has 0 radical (unpaired) electrons. The minimum Gasteiger partial charge on any atom is -0.309 e. The van der Waals surface area contributed by atoms with Gasteiger partial charge in [0.05, 0.1) is 16.4 Å². The van der Waals surface area contributed by atoms with E-state index in [4.69, 9.17) is 11.6 Å². The zero-order chi connectivity index (χ0) is 13.2. The van der Waals surface area contributed by atoms with Crippen molar-refractivity contribution in [1.29, 1.82) is 0 Å². The van der Waals surface area contributed by atoms with E-state index in [1.807, 2.05) is 27.7 Å². The van der Waals surface area contributed by atoms with Crippen molar-refractivity contribution < 1.29 is 4.39 Å². The third-order valence-electron chi connectivity index (χ3n) is 2.53. The summed E-state index contributed by atoms with van der Waals surface area (Å²) >= 11 is 6.08. The van der Waals surface area contributed by atoms with Crippen molar-refractivity contribution in [2.45, 2.75) is 45.8 Å². The Morgan fingerprint density at radius 2 is 2.06 bits per heavy atom. The zero-order valence-corrected chi connectivity index (χ0v) is 11.9. The summed E-state index contributed by atoms with van der Waals surface area (Å²) in [4.78, 5) is 0. The normalized spacial score (nSPS) is 14.1. The van der Waals surface area contributed by atoms with Crippen molar-refractivity contribution >= 4 is 11.6 Å². The molecular formula is C12H21ClFN3. The predicted octanol–water partition coefficient (Wildman–Crippen LogP) is 2.65. The van der Waals surface area contributed by atoms with Gasteiger partial charge in [0.2, 0.25) is 0 Å². The van der Waals surface area contributed by atoms with Crippen LogP contribution < -0.4 is 5.32 Å². The van der Waals surface area contributed by atoms with Gasteiger partial charge in [0.1, 0.15) is 6.17 Å². The average Bonchev–Trinajstić information content (AvgIpc) is 2.41. The van der Waals surface area contributed by atoms with Crippen LogP contribution in [0.5, 0.6) is 0 Å². The Kier molecular flexibility index (Phi) is 4.55. The van der Waals surface area contributed by atoms with Crippen LogP contribution in [0.15, 0.2) is 0 Å². The van der Waals surface area contributed by atoms with E-state index < -0.39 is 6.17 Å². The molecule has 3 nitrogen and oxygen atoms in total. The lowest BCUT2D eigenvalue weighted by molar-refractivity contribution is 0.281. The van der Waals surface area contributed by atoms with Crippen LogP contribution in [-0.4, -0.2) is 28.0 Å². The van der Waals surface area contributed by atoms with Gasteiger partial charge >= 0.3 is 0 Å². The van der Waals surface area contributed by atoms with Crippen LogP contribution in [0.25, 0.3) is 0 Å². The van der Waals surface area contributed by atoms with Crippen molar-refractivity contribution in [2.75, 3.05) is 6.54 Å². The van der Waals surface area contributed by atoms with Crippen LogP contribution in [0.4, 0.5) is 4.39 Å². The van der Waals surface area contributed by atoms with Crippen molar-refractivity contribution in [3.63, 3.8) is 0 Å². The highest BCUT2D eigenvalue weighted by atomic mass is 35.5. The first-order chi connectivity index (χ1) is 7.70. The van der Waals surface area contributed by atoms with E-state index in [0.717, 1.165) is 11.4 Å². The van der Waals surface area contributed by atoms with E-state index in [9.17, 15) is 4.39 Å². The van der Waals surface area contributed by atoms with Crippen LogP contribution in [0.3, 0.4) is 0 Å². The summed E-state index contributed by atoms with van der Waals surface area (Å²) in [6, 6.07) is 0. The molecule has 1 rings (SSSR count). The largest absolute Gasteiger partial charge is 0.309 e. The van der Waals surface area contributed by atoms with E-state index in [-0.39, 0.29) is 5.54 Å². The fourth-order valence-electron chi connectivity index (χ4n) is 1.60. The van der Waals surface area contributed by atoms with Crippen molar-refractivity contribution in [1.82, 2.24) is 15.1 Å². The molecular weight excluding hydrogens is 241 g/mol. The highest BCUT2D eigenvalue weighted by Crippen LogP contribution is 2.21. The fraction of sp³-hybridized carbons (Fsp3) is 0.750. The molecule has 1 heterocycles. The molecule has 1 N–H and O–H groups in total. The maximum Gasteiger partial charge on any atom is 0.118 e. The lowest BCUT2D eigenvalue weighted by Crippen LogP contribution is -2.40. The Labute approximate surface area is 107 Å². The van der Waals surface area contributed by atoms with Gasteiger partial charge in [-0.1, -0.05) is 11.6 Å². The Morgan fingerprint density at radius 1 is 1.47 bits per heavy atom. The third kappa shape index (κ3) is 4.28. The molecule has 0 saturated carbocycles. The molecule has 17 heavy (non-hydrogen) atoms. The standard InChI is InChI=1S/C12H21ClFN3/c1-8-11(13)10(17(5)16-8)6-9(14)7-15-12(2,3)4/h9,15H,6-7H2,1-5H3. The summed E-state index contributed by atoms with van der Waals surface area (Å²) in [6.07, 6.45) is -0.666. The second-order valence-electron chi connectivity index (χ2n) is 5.40. The van der Waals surface area contributed by atoms with Crippen LogP contribution >= 0.6 is 11.6 Å². The number of halogens is 2. The number of nitrogens with zero attached hydrogens (tertiary/aromatic N) is 2. The van der Waals surface area contributed by atoms with Crippen molar-refractivity contribution in [3.05, 3.63) is 16.4 Å². The number of nitrogens with one attached hydrogen (secondary N) is 1. The van der Waals surface area contributed by atoms with Crippen molar-refractivity contribution in [3.8, 4) is 0 Å². The molecule has 0 fully saturated rings. The summed E-state index contributed by atoms with van der Waals surface area (Å²) in [5.41, 5.74) is 1.43. The predicted molar refractivity (Wildman–Crippen MR) is 69.3 cm³/mol. The van der Waals surface area contributed by atoms with Crippen LogP contribution in [-0.2, 0) is 13.5 Å². The topological polar surface area (TPSA) is 29.9 Å². The van der Waals surface area contributed by atoms with Gasteiger partial charge in [0.15, 0.2) is 0 Å². The van der Waals surface area contributed by atoms with Gasteiger partial charge in [-0.05, 0) is 27.7 Å². The van der Waals surface area contributed by atoms with Gasteiger partial charge in [-0.25, -0.2) is 4.39 Å². The zero-order valence-electron chi connectivity index (χ0n) is 11.1. The molecule has 5 heteroatoms. The molecule has 0 amide bonds. The Balaban J connectivity index is 2.59. The van der Waals surface area contributed by atoms with Gasteiger partial charge in [0.25, 0.3) is 0 Å². The first-order valence-corrected chi connectivity index (χ1v) is 6.15. The highest BCUT2D eigenvalue weighted by molar-refractivity contribution is 6.31. The van der Waals surface area contributed by atoms with E-state index in [2.05, 4.69) is 10.4 Å². The molecule has 0 aliphatic carbocycles. The second kappa shape index (κ2) is 5.36. The molecule has 0 saturated heterocycles. The lowest BCUT2D eigenvalue weighted by atomic mass is 10.1. The maximum absolute atomic E-state index is 13.8. The Bertz CT molecular complexity index is 382. The van der Waals surface area contributed by atoms with Gasteiger partial charge in [-0.15, -0.1) is 0 Å². The number of rotatable bonds is 4. The van der Waals surface area contributed by atoms with Crippen LogP contribution in [0, 0.1) is 6.92 Å². The summed E-state index contributed by atoms with van der Waals surface area (Å²) in [7, 11) is 1.79. The quantitative estimate of drug-likeness (QED) is 0.903. The van der Waals surface area contributed by atoms with Gasteiger partial charge in [0, 0.05) is 25.6 Å². The van der Waals surface area contributed by atoms with Crippen LogP contribution in [0.2, 0.25) is 5.02 Å². The van der Waals surface area contributed by atoms with Gasteiger partial charge in [-0.3, -0.25) is 4.68 Å². The first-order valence-electron chi connectivity index (χ1n) is 5.78. The minimum atomic E-state index is -0.957. The summed E-state index contributed by atoms with van der Waals surface area (Å²) in [5, 5.41) is 7.88.